The number of aldehydes is 1. The number of carbonyl (C=O) groups is 1. The van der Waals surface area contributed by atoms with Crippen LogP contribution < -0.4 is 4.74 Å². The first-order valence-corrected chi connectivity index (χ1v) is 5.99. The Bertz CT molecular complexity index is 707. The predicted molar refractivity (Wildman–Crippen MR) is 66.7 cm³/mol. The van der Waals surface area contributed by atoms with Gasteiger partial charge in [0, 0.05) is 11.1 Å². The van der Waals surface area contributed by atoms with E-state index in [-0.39, 0.29) is 23.1 Å². The summed E-state index contributed by atoms with van der Waals surface area (Å²) in [5, 5.41) is 0. The fourth-order valence-electron chi connectivity index (χ4n) is 1.74. The number of benzene rings is 1. The molecular formula is C14H7F6NO2. The van der Waals surface area contributed by atoms with E-state index in [0.717, 1.165) is 30.3 Å². The Morgan fingerprint density at radius 2 is 1.57 bits per heavy atom. The van der Waals surface area contributed by atoms with Gasteiger partial charge in [0.15, 0.2) is 0 Å². The fourth-order valence-corrected chi connectivity index (χ4v) is 1.74. The molecule has 23 heavy (non-hydrogen) atoms. The van der Waals surface area contributed by atoms with Crippen molar-refractivity contribution in [3.8, 4) is 17.0 Å². The monoisotopic (exact) mass is 335 g/mol. The van der Waals surface area contributed by atoms with Crippen molar-refractivity contribution in [2.45, 2.75) is 12.5 Å². The number of carbonyl (C=O) groups excluding carboxylic acids is 1. The molecule has 0 radical (unpaired) electrons. The first-order valence-electron chi connectivity index (χ1n) is 5.99. The largest absolute Gasteiger partial charge is 0.573 e. The Labute approximate surface area is 125 Å². The topological polar surface area (TPSA) is 39.2 Å². The molecule has 0 bridgehead atoms. The Morgan fingerprint density at radius 1 is 0.957 bits per heavy atom. The second-order valence-electron chi connectivity index (χ2n) is 4.36. The summed E-state index contributed by atoms with van der Waals surface area (Å²) in [6.45, 7) is 0. The number of aromatic nitrogens is 1. The van der Waals surface area contributed by atoms with E-state index < -0.39 is 24.0 Å². The number of pyridine rings is 1. The van der Waals surface area contributed by atoms with Crippen LogP contribution in [-0.4, -0.2) is 17.6 Å². The van der Waals surface area contributed by atoms with Crippen LogP contribution in [0.2, 0.25) is 0 Å². The molecule has 0 aliphatic rings. The minimum Gasteiger partial charge on any atom is -0.406 e. The number of hydrogen-bond donors (Lipinski definition) is 0. The van der Waals surface area contributed by atoms with Gasteiger partial charge in [0.25, 0.3) is 0 Å². The van der Waals surface area contributed by atoms with Crippen molar-refractivity contribution in [2.24, 2.45) is 0 Å². The van der Waals surface area contributed by atoms with E-state index >= 15 is 0 Å². The lowest BCUT2D eigenvalue weighted by atomic mass is 10.1. The van der Waals surface area contributed by atoms with Crippen LogP contribution in [0.4, 0.5) is 26.3 Å². The maximum absolute atomic E-state index is 12.7. The summed E-state index contributed by atoms with van der Waals surface area (Å²) >= 11 is 0. The van der Waals surface area contributed by atoms with E-state index in [9.17, 15) is 31.1 Å². The summed E-state index contributed by atoms with van der Waals surface area (Å²) in [5.41, 5.74) is -1.61. The summed E-state index contributed by atoms with van der Waals surface area (Å²) in [7, 11) is 0. The molecule has 1 heterocycles. The van der Waals surface area contributed by atoms with E-state index in [1.165, 1.54) is 0 Å². The summed E-state index contributed by atoms with van der Waals surface area (Å²) in [5.74, 6) is -0.524. The fraction of sp³-hybridized carbons (Fsp3) is 0.143. The van der Waals surface area contributed by atoms with E-state index in [0.29, 0.717) is 6.07 Å². The van der Waals surface area contributed by atoms with Crippen molar-refractivity contribution in [1.29, 1.82) is 0 Å². The zero-order chi connectivity index (χ0) is 17.3. The maximum Gasteiger partial charge on any atom is 0.573 e. The number of ether oxygens (including phenoxy) is 1. The predicted octanol–water partition coefficient (Wildman–Crippen LogP) is 4.48. The molecule has 2 aromatic rings. The van der Waals surface area contributed by atoms with Crippen molar-refractivity contribution in [3.05, 3.63) is 47.7 Å². The molecule has 0 atom stereocenters. The molecular weight excluding hydrogens is 328 g/mol. The van der Waals surface area contributed by atoms with Crippen LogP contribution >= 0.6 is 0 Å². The SMILES string of the molecule is O=Cc1cc(-c2ccc(OC(F)(F)F)cc2)nc(C(F)(F)F)c1. The smallest absolute Gasteiger partial charge is 0.406 e. The van der Waals surface area contributed by atoms with Crippen LogP contribution in [0, 0.1) is 0 Å². The first kappa shape index (κ1) is 16.8. The minimum absolute atomic E-state index is 0.105. The van der Waals surface area contributed by atoms with E-state index in [1.807, 2.05) is 0 Å². The molecule has 0 aliphatic heterocycles. The van der Waals surface area contributed by atoms with Crippen molar-refractivity contribution >= 4 is 6.29 Å². The van der Waals surface area contributed by atoms with Gasteiger partial charge in [0.05, 0.1) is 5.69 Å². The van der Waals surface area contributed by atoms with Gasteiger partial charge in [-0.15, -0.1) is 13.2 Å². The Balaban J connectivity index is 2.40. The second kappa shape index (κ2) is 5.90. The molecule has 0 unspecified atom stereocenters. The molecule has 2 rings (SSSR count). The lowest BCUT2D eigenvalue weighted by Crippen LogP contribution is -2.16. The highest BCUT2D eigenvalue weighted by Crippen LogP contribution is 2.31. The third-order valence-electron chi connectivity index (χ3n) is 2.66. The molecule has 0 amide bonds. The Hall–Kier alpha value is -2.58. The number of rotatable bonds is 3. The molecule has 9 heteroatoms. The van der Waals surface area contributed by atoms with Gasteiger partial charge in [-0.2, -0.15) is 13.2 Å². The van der Waals surface area contributed by atoms with Crippen LogP contribution in [0.1, 0.15) is 16.1 Å². The molecule has 1 aromatic heterocycles. The lowest BCUT2D eigenvalue weighted by molar-refractivity contribution is -0.274. The number of alkyl halides is 6. The Kier molecular flexibility index (Phi) is 4.31. The second-order valence-corrected chi connectivity index (χ2v) is 4.36. The highest BCUT2D eigenvalue weighted by Gasteiger charge is 2.33. The highest BCUT2D eigenvalue weighted by atomic mass is 19.4. The third-order valence-corrected chi connectivity index (χ3v) is 2.66. The van der Waals surface area contributed by atoms with Crippen LogP contribution in [0.25, 0.3) is 11.3 Å². The van der Waals surface area contributed by atoms with E-state index in [2.05, 4.69) is 9.72 Å². The van der Waals surface area contributed by atoms with Gasteiger partial charge < -0.3 is 4.74 Å². The maximum atomic E-state index is 12.7. The minimum atomic E-state index is -4.87. The summed E-state index contributed by atoms with van der Waals surface area (Å²) in [6, 6.07) is 5.77. The summed E-state index contributed by atoms with van der Waals surface area (Å²) < 4.78 is 78.0. The van der Waals surface area contributed by atoms with E-state index in [4.69, 9.17) is 0 Å². The average molecular weight is 335 g/mol. The average Bonchev–Trinajstić information content (AvgIpc) is 2.45. The first-order chi connectivity index (χ1) is 10.6. The summed E-state index contributed by atoms with van der Waals surface area (Å²) in [4.78, 5) is 14.1. The standard InChI is InChI=1S/C14H7F6NO2/c15-13(16,17)12-6-8(7-22)5-11(21-12)9-1-3-10(4-2-9)23-14(18,19)20/h1-7H. The molecule has 3 nitrogen and oxygen atoms in total. The van der Waals surface area contributed by atoms with Crippen molar-refractivity contribution in [2.75, 3.05) is 0 Å². The van der Waals surface area contributed by atoms with Gasteiger partial charge in [-0.05, 0) is 36.4 Å². The van der Waals surface area contributed by atoms with Crippen LogP contribution in [0.5, 0.6) is 5.75 Å². The molecule has 0 saturated carbocycles. The quantitative estimate of drug-likeness (QED) is 0.613. The van der Waals surface area contributed by atoms with Gasteiger partial charge in [0.1, 0.15) is 17.7 Å². The molecule has 0 fully saturated rings. The van der Waals surface area contributed by atoms with Crippen LogP contribution in [0.15, 0.2) is 36.4 Å². The van der Waals surface area contributed by atoms with Crippen LogP contribution in [-0.2, 0) is 6.18 Å². The van der Waals surface area contributed by atoms with Gasteiger partial charge in [-0.3, -0.25) is 4.79 Å². The van der Waals surface area contributed by atoms with Crippen molar-refractivity contribution in [1.82, 2.24) is 4.98 Å². The Morgan fingerprint density at radius 3 is 2.04 bits per heavy atom. The molecule has 0 saturated heterocycles. The van der Waals surface area contributed by atoms with Crippen LogP contribution in [0.3, 0.4) is 0 Å². The molecule has 0 N–H and O–H groups in total. The van der Waals surface area contributed by atoms with Gasteiger partial charge >= 0.3 is 12.5 Å². The van der Waals surface area contributed by atoms with Gasteiger partial charge in [-0.1, -0.05) is 0 Å². The zero-order valence-corrected chi connectivity index (χ0v) is 11.1. The van der Waals surface area contributed by atoms with Gasteiger partial charge in [0.2, 0.25) is 0 Å². The van der Waals surface area contributed by atoms with E-state index in [1.54, 1.807) is 0 Å². The van der Waals surface area contributed by atoms with Crippen molar-refractivity contribution in [3.63, 3.8) is 0 Å². The molecule has 1 aromatic carbocycles. The van der Waals surface area contributed by atoms with Crippen molar-refractivity contribution < 1.29 is 35.9 Å². The third kappa shape index (κ3) is 4.44. The molecule has 122 valence electrons. The lowest BCUT2D eigenvalue weighted by Gasteiger charge is -2.11. The molecule has 0 spiro atoms. The number of hydrogen-bond acceptors (Lipinski definition) is 3. The van der Waals surface area contributed by atoms with Gasteiger partial charge in [-0.25, -0.2) is 4.98 Å². The number of halogens is 6. The number of nitrogens with zero attached hydrogens (tertiary/aromatic N) is 1. The molecule has 0 aliphatic carbocycles. The summed E-state index contributed by atoms with van der Waals surface area (Å²) in [6.07, 6.45) is -9.41. The normalized spacial score (nSPS) is 12.1. The zero-order valence-electron chi connectivity index (χ0n) is 11.1. The highest BCUT2D eigenvalue weighted by molar-refractivity contribution is 5.78.